The molecule has 0 heterocycles. The van der Waals surface area contributed by atoms with E-state index in [4.69, 9.17) is 11.5 Å². The SMILES string of the molecule is CC(C)(C)c1cccc([NH-])c1.CC(C)(C)c1cccc([NH-])c1.C[Si]C.C[Si]C.[Cl-].[Cl-].[Hf].[Hf].c1ccc2[cH-]ccc2c1.c1ccc2[cH-]ccc2c1. The summed E-state index contributed by atoms with van der Waals surface area (Å²) in [5, 5.41) is 5.32. The molecule has 6 aromatic rings. The molecule has 0 saturated heterocycles. The largest absolute Gasteiger partial charge is 1.00 e. The molecule has 0 bridgehead atoms. The molecule has 50 heavy (non-hydrogen) atoms. The average Bonchev–Trinajstić information content (AvgIpc) is 3.68. The van der Waals surface area contributed by atoms with Crippen LogP contribution in [0.3, 0.4) is 0 Å². The van der Waals surface area contributed by atoms with E-state index in [1.165, 1.54) is 32.7 Å². The molecule has 0 unspecified atom stereocenters. The average molecular weight is 1070 g/mol. The molecule has 0 saturated carbocycles. The molecule has 0 fully saturated rings. The first-order chi connectivity index (χ1) is 21.8. The zero-order chi connectivity index (χ0) is 34.6. The minimum atomic E-state index is 0. The fourth-order valence-corrected chi connectivity index (χ4v) is 4.11. The smallest absolute Gasteiger partial charge is 0.0307 e. The molecule has 0 atom stereocenters. The second kappa shape index (κ2) is 30.0. The summed E-state index contributed by atoms with van der Waals surface area (Å²) in [6, 6.07) is 44.8. The van der Waals surface area contributed by atoms with Crippen molar-refractivity contribution in [3.05, 3.63) is 156 Å². The summed E-state index contributed by atoms with van der Waals surface area (Å²) < 4.78 is 0. The maximum Gasteiger partial charge on any atom is 0.0307 e. The van der Waals surface area contributed by atoms with Gasteiger partial charge in [0.2, 0.25) is 0 Å². The van der Waals surface area contributed by atoms with Crippen LogP contribution in [0.25, 0.3) is 33.0 Å². The van der Waals surface area contributed by atoms with Gasteiger partial charge in [-0.3, -0.25) is 0 Å². The number of nitrogens with one attached hydrogen (secondary N) is 2. The third-order valence-electron chi connectivity index (χ3n) is 6.55. The van der Waals surface area contributed by atoms with Gasteiger partial charge in [0.25, 0.3) is 0 Å². The molecular formula is C42H54Cl2Hf2N2Si2-6. The number of rotatable bonds is 0. The first-order valence-corrected chi connectivity index (χ1v) is 19.8. The van der Waals surface area contributed by atoms with Gasteiger partial charge in [0.05, 0.1) is 0 Å². The van der Waals surface area contributed by atoms with Gasteiger partial charge in [-0.05, 0) is 22.0 Å². The van der Waals surface area contributed by atoms with E-state index in [1.54, 1.807) is 12.1 Å². The van der Waals surface area contributed by atoms with Crippen molar-refractivity contribution in [2.24, 2.45) is 0 Å². The number of hydrogen-bond donors (Lipinski definition) is 0. The van der Waals surface area contributed by atoms with Gasteiger partial charge in [-0.2, -0.15) is 35.0 Å². The fourth-order valence-electron chi connectivity index (χ4n) is 4.11. The van der Waals surface area contributed by atoms with Crippen molar-refractivity contribution in [1.29, 1.82) is 0 Å². The van der Waals surface area contributed by atoms with E-state index < -0.39 is 0 Å². The van der Waals surface area contributed by atoms with Crippen LogP contribution in [-0.4, -0.2) is 19.0 Å². The molecule has 6 aromatic carbocycles. The molecule has 6 rings (SSSR count). The Labute approximate surface area is 359 Å². The van der Waals surface area contributed by atoms with Crippen LogP contribution in [0.15, 0.2) is 133 Å². The zero-order valence-electron chi connectivity index (χ0n) is 31.5. The van der Waals surface area contributed by atoms with Crippen LogP contribution < -0.4 is 24.8 Å². The molecular weight excluding hydrogens is 1020 g/mol. The van der Waals surface area contributed by atoms with Crippen molar-refractivity contribution >= 4 is 52.0 Å². The van der Waals surface area contributed by atoms with Crippen LogP contribution in [0, 0.1) is 0 Å². The number of hydrogen-bond acceptors (Lipinski definition) is 0. The van der Waals surface area contributed by atoms with Crippen LogP contribution in [0.2, 0.25) is 26.2 Å². The molecule has 8 heteroatoms. The molecule has 0 amide bonds. The molecule has 4 radical (unpaired) electrons. The Morgan fingerprint density at radius 1 is 0.460 bits per heavy atom. The van der Waals surface area contributed by atoms with Crippen molar-refractivity contribution in [1.82, 2.24) is 0 Å². The van der Waals surface area contributed by atoms with Crippen molar-refractivity contribution in [2.45, 2.75) is 78.6 Å². The normalized spacial score (nSPS) is 9.48. The van der Waals surface area contributed by atoms with Gasteiger partial charge in [-0.1, -0.05) is 128 Å². The Bertz CT molecular complexity index is 1470. The third kappa shape index (κ3) is 23.1. The Balaban J connectivity index is -0.000000262. The van der Waals surface area contributed by atoms with E-state index in [9.17, 15) is 0 Å². The molecule has 2 nitrogen and oxygen atoms in total. The Morgan fingerprint density at radius 2 is 0.760 bits per heavy atom. The first kappa shape index (κ1) is 55.2. The molecule has 0 aliphatic heterocycles. The van der Waals surface area contributed by atoms with Crippen molar-refractivity contribution < 1.29 is 76.5 Å². The van der Waals surface area contributed by atoms with Gasteiger partial charge in [0.15, 0.2) is 0 Å². The summed E-state index contributed by atoms with van der Waals surface area (Å²) in [6.45, 7) is 21.5. The predicted octanol–water partition coefficient (Wildman–Crippen LogP) is 8.03. The summed E-state index contributed by atoms with van der Waals surface area (Å²) in [6.07, 6.45) is 0. The monoisotopic (exact) mass is 1070 g/mol. The van der Waals surface area contributed by atoms with Crippen molar-refractivity contribution in [2.75, 3.05) is 0 Å². The number of fused-ring (bicyclic) bond motifs is 2. The van der Waals surface area contributed by atoms with E-state index in [-0.39, 0.29) is 87.3 Å². The van der Waals surface area contributed by atoms with E-state index in [1.807, 2.05) is 24.3 Å². The Morgan fingerprint density at radius 3 is 1.00 bits per heavy atom. The third-order valence-corrected chi connectivity index (χ3v) is 6.55. The van der Waals surface area contributed by atoms with Gasteiger partial charge < -0.3 is 36.3 Å². The Kier molecular flexibility index (Phi) is 33.1. The zero-order valence-corrected chi connectivity index (χ0v) is 42.2. The Hall–Kier alpha value is -1.55. The number of halogens is 2. The van der Waals surface area contributed by atoms with Crippen LogP contribution in [0.4, 0.5) is 11.4 Å². The minimum absolute atomic E-state index is 0. The molecule has 0 aliphatic carbocycles. The molecule has 0 aromatic heterocycles. The van der Waals surface area contributed by atoms with E-state index in [0.29, 0.717) is 11.4 Å². The van der Waals surface area contributed by atoms with Crippen LogP contribution in [0.1, 0.15) is 52.7 Å². The molecule has 2 N–H and O–H groups in total. The van der Waals surface area contributed by atoms with Crippen molar-refractivity contribution in [3.63, 3.8) is 0 Å². The van der Waals surface area contributed by atoms with Crippen molar-refractivity contribution in [3.8, 4) is 0 Å². The maximum absolute atomic E-state index is 7.42. The standard InChI is InChI=1S/2C10H14N.2C9H7.2C2H6Si.2ClH.2Hf/c2*1-10(2,3)8-5-4-6-9(11)7-8;2*1-2-5-9-7-3-6-8(9)4-1;2*1-3-2;;;;/h2*4-7,11H,1-3H3;2*1-7H;2*1-2H3;2*1H;;/q4*-1;;;;;;/p-2. The molecule has 0 aliphatic rings. The second-order valence-electron chi connectivity index (χ2n) is 13.0. The van der Waals surface area contributed by atoms with Gasteiger partial charge in [-0.25, -0.2) is 0 Å². The van der Waals surface area contributed by atoms with E-state index >= 15 is 0 Å². The summed E-state index contributed by atoms with van der Waals surface area (Å²) in [4.78, 5) is 0. The summed E-state index contributed by atoms with van der Waals surface area (Å²) in [5.41, 5.74) is 18.8. The predicted molar refractivity (Wildman–Crippen MR) is 212 cm³/mol. The van der Waals surface area contributed by atoms with Gasteiger partial charge >= 0.3 is 0 Å². The molecule has 268 valence electrons. The van der Waals surface area contributed by atoms with Crippen LogP contribution in [0.5, 0.6) is 0 Å². The number of benzene rings is 4. The quantitative estimate of drug-likeness (QED) is 0.109. The first-order valence-electron chi connectivity index (χ1n) is 15.8. The van der Waals surface area contributed by atoms with Gasteiger partial charge in [0, 0.05) is 70.7 Å². The molecule has 0 spiro atoms. The minimum Gasteiger partial charge on any atom is -1.00 e. The van der Waals surface area contributed by atoms with Gasteiger partial charge in [0.1, 0.15) is 0 Å². The van der Waals surface area contributed by atoms with Gasteiger partial charge in [-0.15, -0.1) is 70.7 Å². The fraction of sp³-hybridized carbons (Fsp3) is 0.286. The van der Waals surface area contributed by atoms with Crippen LogP contribution in [-0.2, 0) is 62.5 Å². The maximum atomic E-state index is 7.42. The summed E-state index contributed by atoms with van der Waals surface area (Å²) in [7, 11) is 2.17. The van der Waals surface area contributed by atoms with Crippen LogP contribution >= 0.6 is 0 Å². The topological polar surface area (TPSA) is 47.6 Å². The van der Waals surface area contributed by atoms with E-state index in [2.05, 4.69) is 165 Å². The van der Waals surface area contributed by atoms with E-state index in [0.717, 1.165) is 19.0 Å². The summed E-state index contributed by atoms with van der Waals surface area (Å²) in [5.74, 6) is 0. The summed E-state index contributed by atoms with van der Waals surface area (Å²) >= 11 is 0. The second-order valence-corrected chi connectivity index (χ2v) is 15.0.